The van der Waals surface area contributed by atoms with Crippen LogP contribution in [0.4, 0.5) is 0 Å². The smallest absolute Gasteiger partial charge is 0.0717 e. The molecule has 0 radical (unpaired) electrons. The number of hydrogen-bond donors (Lipinski definition) is 0. The first-order chi connectivity index (χ1) is 12.5. The van der Waals surface area contributed by atoms with Gasteiger partial charge in [-0.2, -0.15) is 0 Å². The summed E-state index contributed by atoms with van der Waals surface area (Å²) in [5, 5.41) is 0. The fourth-order valence-electron chi connectivity index (χ4n) is 1.74. The Kier molecular flexibility index (Phi) is 17.2. The van der Waals surface area contributed by atoms with Gasteiger partial charge in [-0.25, -0.2) is 0 Å². The summed E-state index contributed by atoms with van der Waals surface area (Å²) >= 11 is 0. The molecule has 0 N–H and O–H groups in total. The molecule has 0 aromatic carbocycles. The van der Waals surface area contributed by atoms with Crippen molar-refractivity contribution in [3.63, 3.8) is 0 Å². The van der Waals surface area contributed by atoms with Gasteiger partial charge in [-0.3, -0.25) is 15.0 Å². The van der Waals surface area contributed by atoms with Crippen molar-refractivity contribution < 1.29 is 0 Å². The number of aliphatic imine (C=N–C) groups is 1. The fraction of sp³-hybridized carbons (Fsp3) is 0.435. The predicted octanol–water partition coefficient (Wildman–Crippen LogP) is 6.30. The minimum absolute atomic E-state index is 0.833. The Balaban J connectivity index is 0. The van der Waals surface area contributed by atoms with Gasteiger partial charge in [0.15, 0.2) is 0 Å². The number of hydrogen-bond acceptors (Lipinski definition) is 3. The Morgan fingerprint density at radius 1 is 1.15 bits per heavy atom. The van der Waals surface area contributed by atoms with Crippen LogP contribution in [0.2, 0.25) is 0 Å². The molecule has 0 fully saturated rings. The first kappa shape index (κ1) is 25.8. The van der Waals surface area contributed by atoms with Crippen LogP contribution in [0.25, 0.3) is 11.3 Å². The molecule has 0 saturated carbocycles. The van der Waals surface area contributed by atoms with Crippen LogP contribution in [0.5, 0.6) is 0 Å². The second-order valence-corrected chi connectivity index (χ2v) is 5.72. The summed E-state index contributed by atoms with van der Waals surface area (Å²) in [4.78, 5) is 12.8. The summed E-state index contributed by atoms with van der Waals surface area (Å²) in [7, 11) is 1.81. The highest BCUT2D eigenvalue weighted by molar-refractivity contribution is 6.00. The van der Waals surface area contributed by atoms with Crippen molar-refractivity contribution in [2.45, 2.75) is 54.9 Å². The zero-order valence-corrected chi connectivity index (χ0v) is 17.7. The molecule has 26 heavy (non-hydrogen) atoms. The number of aromatic nitrogens is 2. The molecule has 0 saturated heterocycles. The van der Waals surface area contributed by atoms with Crippen molar-refractivity contribution in [2.24, 2.45) is 10.9 Å². The second kappa shape index (κ2) is 17.4. The van der Waals surface area contributed by atoms with Crippen LogP contribution < -0.4 is 0 Å². The van der Waals surface area contributed by atoms with Crippen LogP contribution in [0.15, 0.2) is 47.8 Å². The van der Waals surface area contributed by atoms with Gasteiger partial charge in [0.05, 0.1) is 5.69 Å². The molecule has 0 spiro atoms. The Bertz CT molecular complexity index is 618. The lowest BCUT2D eigenvalue weighted by Gasteiger charge is -2.04. The Labute approximate surface area is 161 Å². The molecule has 0 atom stereocenters. The van der Waals surface area contributed by atoms with E-state index in [4.69, 9.17) is 0 Å². The van der Waals surface area contributed by atoms with Crippen molar-refractivity contribution >= 4 is 5.71 Å². The van der Waals surface area contributed by atoms with E-state index in [0.717, 1.165) is 34.9 Å². The van der Waals surface area contributed by atoms with Crippen molar-refractivity contribution in [2.75, 3.05) is 7.05 Å². The molecule has 0 unspecified atom stereocenters. The zero-order chi connectivity index (χ0) is 20.4. The molecule has 0 aliphatic rings. The van der Waals surface area contributed by atoms with Crippen LogP contribution in [-0.4, -0.2) is 22.7 Å². The number of nitrogens with zero attached hydrogens (tertiary/aromatic N) is 3. The lowest BCUT2D eigenvalue weighted by atomic mass is 10.1. The van der Waals surface area contributed by atoms with E-state index >= 15 is 0 Å². The third-order valence-corrected chi connectivity index (χ3v) is 2.66. The molecule has 2 rings (SSSR count). The fourth-order valence-corrected chi connectivity index (χ4v) is 1.74. The molecule has 2 aromatic rings. The van der Waals surface area contributed by atoms with Gasteiger partial charge >= 0.3 is 0 Å². The summed E-state index contributed by atoms with van der Waals surface area (Å²) in [6, 6.07) is 7.98. The monoisotopic (exact) mass is 353 g/mol. The third kappa shape index (κ3) is 12.0. The van der Waals surface area contributed by atoms with E-state index in [-0.39, 0.29) is 0 Å². The molecule has 2 heterocycles. The highest BCUT2D eigenvalue weighted by Gasteiger charge is 2.02. The molecule has 0 amide bonds. The summed E-state index contributed by atoms with van der Waals surface area (Å²) in [5.41, 5.74) is 4.14. The van der Waals surface area contributed by atoms with E-state index in [1.165, 1.54) is 0 Å². The van der Waals surface area contributed by atoms with Gasteiger partial charge in [0.1, 0.15) is 0 Å². The maximum atomic E-state index is 4.60. The van der Waals surface area contributed by atoms with Crippen LogP contribution in [0, 0.1) is 18.3 Å². The van der Waals surface area contributed by atoms with Gasteiger partial charge in [0, 0.05) is 42.5 Å². The first-order valence-electron chi connectivity index (χ1n) is 9.19. The Morgan fingerprint density at radius 2 is 1.73 bits per heavy atom. The van der Waals surface area contributed by atoms with Gasteiger partial charge in [0.2, 0.25) is 0 Å². The molecule has 0 aliphatic heterocycles. The second-order valence-electron chi connectivity index (χ2n) is 5.72. The molecule has 0 aliphatic carbocycles. The van der Waals surface area contributed by atoms with E-state index in [1.54, 1.807) is 13.1 Å². The minimum Gasteiger partial charge on any atom is -0.292 e. The van der Waals surface area contributed by atoms with E-state index in [1.807, 2.05) is 51.5 Å². The topological polar surface area (TPSA) is 38.1 Å². The first-order valence-corrected chi connectivity index (χ1v) is 9.19. The summed E-state index contributed by atoms with van der Waals surface area (Å²) < 4.78 is 0. The van der Waals surface area contributed by atoms with E-state index in [9.17, 15) is 0 Å². The van der Waals surface area contributed by atoms with Crippen LogP contribution in [-0.2, 0) is 0 Å². The largest absolute Gasteiger partial charge is 0.292 e. The van der Waals surface area contributed by atoms with Crippen molar-refractivity contribution in [3.05, 3.63) is 48.4 Å². The average Bonchev–Trinajstić information content (AvgIpc) is 2.66. The van der Waals surface area contributed by atoms with Gasteiger partial charge in [-0.15, -0.1) is 12.3 Å². The maximum absolute atomic E-state index is 4.60. The summed E-state index contributed by atoms with van der Waals surface area (Å²) in [5.74, 6) is 3.08. The molecule has 3 nitrogen and oxygen atoms in total. The van der Waals surface area contributed by atoms with E-state index in [2.05, 4.69) is 61.1 Å². The predicted molar refractivity (Wildman–Crippen MR) is 117 cm³/mol. The normalized spacial score (nSPS) is 9.46. The molecule has 3 heteroatoms. The quantitative estimate of drug-likeness (QED) is 0.479. The lowest BCUT2D eigenvalue weighted by Crippen LogP contribution is -1.99. The van der Waals surface area contributed by atoms with Crippen molar-refractivity contribution in [1.29, 1.82) is 0 Å². The Morgan fingerprint density at radius 3 is 2.08 bits per heavy atom. The molecule has 2 aromatic heterocycles. The van der Waals surface area contributed by atoms with E-state index < -0.39 is 0 Å². The highest BCUT2D eigenvalue weighted by atomic mass is 14.7. The van der Waals surface area contributed by atoms with Gasteiger partial charge in [0.25, 0.3) is 0 Å². The Hall–Kier alpha value is -2.47. The van der Waals surface area contributed by atoms with Crippen molar-refractivity contribution in [1.82, 2.24) is 9.97 Å². The molecular formula is C23H35N3. The standard InChI is InChI=1S/C14H15N3.C4H10.C3H4.C2H6/c1-3-13(15-2)12-6-7-14(17-10-12)11-5-4-8-16-9-11;1-4(2)3;1-3-2;1-2/h4-10H,3H2,1-2H3;4H,1-3H3;1H,2H3;1-2H3. The highest BCUT2D eigenvalue weighted by Crippen LogP contribution is 2.15. The maximum Gasteiger partial charge on any atom is 0.0717 e. The van der Waals surface area contributed by atoms with Gasteiger partial charge in [-0.1, -0.05) is 41.5 Å². The lowest BCUT2D eigenvalue weighted by molar-refractivity contribution is 0.737. The van der Waals surface area contributed by atoms with Crippen LogP contribution >= 0.6 is 0 Å². The summed E-state index contributed by atoms with van der Waals surface area (Å²) in [6.45, 7) is 14.2. The van der Waals surface area contributed by atoms with Gasteiger partial charge < -0.3 is 0 Å². The molecule has 0 bridgehead atoms. The van der Waals surface area contributed by atoms with Gasteiger partial charge in [-0.05, 0) is 43.5 Å². The third-order valence-electron chi connectivity index (χ3n) is 2.66. The number of pyridine rings is 2. The zero-order valence-electron chi connectivity index (χ0n) is 17.7. The number of terminal acetylenes is 1. The van der Waals surface area contributed by atoms with Crippen LogP contribution in [0.1, 0.15) is 60.5 Å². The number of rotatable bonds is 3. The average molecular weight is 354 g/mol. The SMILES string of the molecule is C#CC.CC.CC(C)C.CCC(=NC)c1ccc(-c2cccnc2)nc1. The van der Waals surface area contributed by atoms with Crippen molar-refractivity contribution in [3.8, 4) is 23.6 Å². The summed E-state index contributed by atoms with van der Waals surface area (Å²) in [6.07, 6.45) is 11.0. The molecular weight excluding hydrogens is 318 g/mol. The molecule has 142 valence electrons. The van der Waals surface area contributed by atoms with Crippen LogP contribution in [0.3, 0.4) is 0 Å². The minimum atomic E-state index is 0.833. The van der Waals surface area contributed by atoms with E-state index in [0.29, 0.717) is 0 Å².